The van der Waals surface area contributed by atoms with Gasteiger partial charge >= 0.3 is 12.1 Å². The lowest BCUT2D eigenvalue weighted by molar-refractivity contribution is -0.144. The summed E-state index contributed by atoms with van der Waals surface area (Å²) in [6.45, 7) is 0. The Bertz CT molecular complexity index is 655. The van der Waals surface area contributed by atoms with Crippen LogP contribution in [0, 0.1) is 5.92 Å². The number of carboxylic acid groups (broad SMARTS) is 1. The summed E-state index contributed by atoms with van der Waals surface area (Å²) in [7, 11) is 0. The van der Waals surface area contributed by atoms with Gasteiger partial charge in [-0.1, -0.05) is 12.1 Å². The quantitative estimate of drug-likeness (QED) is 0.848. The molecular formula is C17H18F3NO4. The van der Waals surface area contributed by atoms with E-state index in [1.807, 2.05) is 0 Å². The molecule has 1 saturated carbocycles. The number of rotatable bonds is 5. The first-order valence-corrected chi connectivity index (χ1v) is 7.87. The largest absolute Gasteiger partial charge is 0.480 e. The molecule has 1 aliphatic carbocycles. The van der Waals surface area contributed by atoms with Crippen molar-refractivity contribution in [2.24, 2.45) is 5.92 Å². The van der Waals surface area contributed by atoms with E-state index in [2.05, 4.69) is 5.32 Å². The van der Waals surface area contributed by atoms with Crippen LogP contribution in [0.5, 0.6) is 0 Å². The fourth-order valence-corrected chi connectivity index (χ4v) is 2.95. The molecule has 2 rings (SSSR count). The smallest absolute Gasteiger partial charge is 0.416 e. The van der Waals surface area contributed by atoms with Crippen LogP contribution in [0.2, 0.25) is 0 Å². The van der Waals surface area contributed by atoms with Gasteiger partial charge in [0.1, 0.15) is 11.8 Å². The van der Waals surface area contributed by atoms with E-state index in [1.165, 1.54) is 12.1 Å². The maximum absolute atomic E-state index is 12.5. The number of alkyl halides is 3. The minimum Gasteiger partial charge on any atom is -0.480 e. The van der Waals surface area contributed by atoms with Gasteiger partial charge in [0.2, 0.25) is 5.91 Å². The van der Waals surface area contributed by atoms with Gasteiger partial charge in [-0.3, -0.25) is 9.59 Å². The van der Waals surface area contributed by atoms with Crippen molar-refractivity contribution in [3.8, 4) is 0 Å². The zero-order chi connectivity index (χ0) is 18.6. The average Bonchev–Trinajstić information content (AvgIpc) is 2.52. The highest BCUT2D eigenvalue weighted by Crippen LogP contribution is 2.29. The number of aliphatic carboxylic acids is 1. The third-order valence-corrected chi connectivity index (χ3v) is 4.22. The van der Waals surface area contributed by atoms with Gasteiger partial charge in [0, 0.05) is 12.8 Å². The van der Waals surface area contributed by atoms with Gasteiger partial charge in [-0.15, -0.1) is 0 Å². The molecule has 0 aliphatic heterocycles. The van der Waals surface area contributed by atoms with Crippen molar-refractivity contribution in [2.45, 2.75) is 44.3 Å². The second-order valence-corrected chi connectivity index (χ2v) is 6.15. The SMILES string of the molecule is O=C1CCC[C@H]([C@H](NC(=O)Cc2ccc(C(F)(F)F)cc2)C(=O)O)C1. The molecule has 2 N–H and O–H groups in total. The number of carbonyl (C=O) groups excluding carboxylic acids is 2. The standard InChI is InChI=1S/C17H18F3NO4/c18-17(19,20)12-6-4-10(5-7-12)8-14(23)21-15(16(24)25)11-2-1-3-13(22)9-11/h4-7,11,15H,1-3,8-9H2,(H,21,23)(H,24,25)/t11-,15-/m0/s1. The van der Waals surface area contributed by atoms with Crippen LogP contribution in [-0.2, 0) is 27.0 Å². The monoisotopic (exact) mass is 357 g/mol. The summed E-state index contributed by atoms with van der Waals surface area (Å²) in [5.74, 6) is -2.32. The van der Waals surface area contributed by atoms with Gasteiger partial charge in [0.15, 0.2) is 0 Å². The first kappa shape index (κ1) is 19.0. The second-order valence-electron chi connectivity index (χ2n) is 6.15. The van der Waals surface area contributed by atoms with E-state index in [-0.39, 0.29) is 18.6 Å². The molecule has 0 aromatic heterocycles. The molecule has 0 radical (unpaired) electrons. The van der Waals surface area contributed by atoms with Crippen molar-refractivity contribution >= 4 is 17.7 Å². The molecule has 1 aromatic carbocycles. The van der Waals surface area contributed by atoms with Gasteiger partial charge in [-0.05, 0) is 36.5 Å². The molecule has 0 heterocycles. The number of nitrogens with one attached hydrogen (secondary N) is 1. The van der Waals surface area contributed by atoms with E-state index < -0.39 is 35.6 Å². The highest BCUT2D eigenvalue weighted by atomic mass is 19.4. The number of hydrogen-bond acceptors (Lipinski definition) is 3. The minimum atomic E-state index is -4.46. The van der Waals surface area contributed by atoms with E-state index >= 15 is 0 Å². The predicted molar refractivity (Wildman–Crippen MR) is 81.7 cm³/mol. The van der Waals surface area contributed by atoms with Crippen LogP contribution in [0.4, 0.5) is 13.2 Å². The topological polar surface area (TPSA) is 83.5 Å². The van der Waals surface area contributed by atoms with Crippen LogP contribution in [0.25, 0.3) is 0 Å². The maximum atomic E-state index is 12.5. The third-order valence-electron chi connectivity index (χ3n) is 4.22. The molecule has 136 valence electrons. The Labute approximate surface area is 142 Å². The molecule has 1 fully saturated rings. The lowest BCUT2D eigenvalue weighted by Gasteiger charge is -2.27. The first-order chi connectivity index (χ1) is 11.7. The second kappa shape index (κ2) is 7.67. The Hall–Kier alpha value is -2.38. The first-order valence-electron chi connectivity index (χ1n) is 7.87. The zero-order valence-corrected chi connectivity index (χ0v) is 13.3. The molecule has 1 amide bonds. The van der Waals surface area contributed by atoms with Gasteiger partial charge in [-0.25, -0.2) is 4.79 Å². The van der Waals surface area contributed by atoms with Crippen LogP contribution in [0.3, 0.4) is 0 Å². The summed E-state index contributed by atoms with van der Waals surface area (Å²) in [5.41, 5.74) is -0.477. The molecule has 2 atom stereocenters. The van der Waals surface area contributed by atoms with E-state index in [4.69, 9.17) is 0 Å². The molecule has 5 nitrogen and oxygen atoms in total. The van der Waals surface area contributed by atoms with Crippen molar-refractivity contribution in [1.29, 1.82) is 0 Å². The van der Waals surface area contributed by atoms with E-state index in [1.54, 1.807) is 0 Å². The lowest BCUT2D eigenvalue weighted by Crippen LogP contribution is -2.47. The van der Waals surface area contributed by atoms with Crippen LogP contribution >= 0.6 is 0 Å². The number of halogens is 3. The Morgan fingerprint density at radius 2 is 1.88 bits per heavy atom. The highest BCUT2D eigenvalue weighted by molar-refractivity contribution is 5.86. The molecule has 25 heavy (non-hydrogen) atoms. The van der Waals surface area contributed by atoms with Crippen LogP contribution in [-0.4, -0.2) is 28.8 Å². The number of carbonyl (C=O) groups is 3. The summed E-state index contributed by atoms with van der Waals surface area (Å²) in [5, 5.41) is 11.7. The number of hydrogen-bond donors (Lipinski definition) is 2. The van der Waals surface area contributed by atoms with Gasteiger partial charge < -0.3 is 10.4 Å². The molecule has 1 aromatic rings. The molecule has 0 saturated heterocycles. The minimum absolute atomic E-state index is 0.0283. The van der Waals surface area contributed by atoms with Crippen molar-refractivity contribution in [2.75, 3.05) is 0 Å². The van der Waals surface area contributed by atoms with Crippen LogP contribution in [0.1, 0.15) is 36.8 Å². The fourth-order valence-electron chi connectivity index (χ4n) is 2.95. The number of ketones is 1. The number of Topliss-reactive ketones (excluding diaryl/α,β-unsaturated/α-hetero) is 1. The van der Waals surface area contributed by atoms with Crippen LogP contribution in [0.15, 0.2) is 24.3 Å². The summed E-state index contributed by atoms with van der Waals surface area (Å²) < 4.78 is 37.5. The van der Waals surface area contributed by atoms with Gasteiger partial charge in [-0.2, -0.15) is 13.2 Å². The summed E-state index contributed by atoms with van der Waals surface area (Å²) in [6, 6.07) is 2.94. The van der Waals surface area contributed by atoms with Gasteiger partial charge in [0.25, 0.3) is 0 Å². The molecule has 8 heteroatoms. The summed E-state index contributed by atoms with van der Waals surface area (Å²) in [6.07, 6.45) is -3.05. The normalized spacial score (nSPS) is 19.3. The van der Waals surface area contributed by atoms with E-state index in [0.717, 1.165) is 12.1 Å². The molecule has 0 unspecified atom stereocenters. The fraction of sp³-hybridized carbons (Fsp3) is 0.471. The Balaban J connectivity index is 1.99. The Morgan fingerprint density at radius 3 is 2.40 bits per heavy atom. The lowest BCUT2D eigenvalue weighted by atomic mass is 9.83. The van der Waals surface area contributed by atoms with Crippen molar-refractivity contribution in [1.82, 2.24) is 5.32 Å². The van der Waals surface area contributed by atoms with Crippen molar-refractivity contribution in [3.05, 3.63) is 35.4 Å². The summed E-state index contributed by atoms with van der Waals surface area (Å²) in [4.78, 5) is 34.9. The van der Waals surface area contributed by atoms with E-state index in [0.29, 0.717) is 24.8 Å². The molecule has 1 aliphatic rings. The molecule has 0 spiro atoms. The summed E-state index contributed by atoms with van der Waals surface area (Å²) >= 11 is 0. The zero-order valence-electron chi connectivity index (χ0n) is 13.3. The number of amides is 1. The highest BCUT2D eigenvalue weighted by Gasteiger charge is 2.33. The maximum Gasteiger partial charge on any atom is 0.416 e. The molecular weight excluding hydrogens is 339 g/mol. The van der Waals surface area contributed by atoms with Crippen molar-refractivity contribution in [3.63, 3.8) is 0 Å². The Morgan fingerprint density at radius 1 is 1.24 bits per heavy atom. The van der Waals surface area contributed by atoms with E-state index in [9.17, 15) is 32.7 Å². The predicted octanol–water partition coefficient (Wildman–Crippen LogP) is 2.58. The van der Waals surface area contributed by atoms with Crippen LogP contribution < -0.4 is 5.32 Å². The molecule has 0 bridgehead atoms. The number of carboxylic acids is 1. The van der Waals surface area contributed by atoms with Gasteiger partial charge in [0.05, 0.1) is 12.0 Å². The average molecular weight is 357 g/mol. The Kier molecular flexibility index (Phi) is 5.81. The number of benzene rings is 1. The van der Waals surface area contributed by atoms with Crippen molar-refractivity contribution < 1.29 is 32.7 Å². The third kappa shape index (κ3) is 5.30.